The molecule has 19 heavy (non-hydrogen) atoms. The van der Waals surface area contributed by atoms with E-state index in [1.807, 2.05) is 0 Å². The number of rotatable bonds is 0. The molecule has 2 aliphatic rings. The molecule has 102 valence electrons. The van der Waals surface area contributed by atoms with E-state index in [-0.39, 0.29) is 5.60 Å². The fourth-order valence-electron chi connectivity index (χ4n) is 3.52. The number of aryl methyl sites for hydroxylation is 1. The van der Waals surface area contributed by atoms with Gasteiger partial charge < -0.3 is 4.74 Å². The zero-order chi connectivity index (χ0) is 13.5. The Kier molecular flexibility index (Phi) is 3.16. The minimum Gasteiger partial charge on any atom is -0.483 e. The number of hydrogen-bond acceptors (Lipinski definition) is 1. The van der Waals surface area contributed by atoms with Crippen molar-refractivity contribution in [2.75, 3.05) is 0 Å². The van der Waals surface area contributed by atoms with Crippen molar-refractivity contribution in [1.82, 2.24) is 0 Å². The molecule has 0 bridgehead atoms. The third-order valence-electron chi connectivity index (χ3n) is 4.71. The maximum Gasteiger partial charge on any atom is 0.128 e. The van der Waals surface area contributed by atoms with E-state index in [1.165, 1.54) is 48.8 Å². The van der Waals surface area contributed by atoms with Gasteiger partial charge in [-0.3, -0.25) is 0 Å². The van der Waals surface area contributed by atoms with E-state index in [4.69, 9.17) is 4.74 Å². The van der Waals surface area contributed by atoms with Gasteiger partial charge in [-0.1, -0.05) is 25.0 Å². The number of benzene rings is 1. The van der Waals surface area contributed by atoms with Crippen LogP contribution in [0.25, 0.3) is 5.57 Å². The van der Waals surface area contributed by atoms with Crippen molar-refractivity contribution in [3.05, 3.63) is 35.4 Å². The maximum absolute atomic E-state index is 6.44. The molecule has 0 saturated heterocycles. The summed E-state index contributed by atoms with van der Waals surface area (Å²) in [6.45, 7) is 6.75. The molecule has 1 saturated carbocycles. The summed E-state index contributed by atoms with van der Waals surface area (Å²) in [6.07, 6.45) is 8.64. The molecule has 1 heteroatoms. The fourth-order valence-corrected chi connectivity index (χ4v) is 3.52. The summed E-state index contributed by atoms with van der Waals surface area (Å²) in [5, 5.41) is 0. The summed E-state index contributed by atoms with van der Waals surface area (Å²) < 4.78 is 6.44. The van der Waals surface area contributed by atoms with Crippen molar-refractivity contribution in [2.45, 2.75) is 58.5 Å². The minimum atomic E-state index is -0.0307. The van der Waals surface area contributed by atoms with Gasteiger partial charge in [0.1, 0.15) is 11.4 Å². The summed E-state index contributed by atoms with van der Waals surface area (Å²) in [4.78, 5) is 0. The van der Waals surface area contributed by atoms with Crippen LogP contribution in [0.5, 0.6) is 5.75 Å². The van der Waals surface area contributed by atoms with Crippen LogP contribution >= 0.6 is 0 Å². The lowest BCUT2D eigenvalue weighted by Gasteiger charge is -2.36. The first-order chi connectivity index (χ1) is 9.08. The first-order valence-electron chi connectivity index (χ1n) is 7.57. The number of hydrogen-bond donors (Lipinski definition) is 0. The maximum atomic E-state index is 6.44. The summed E-state index contributed by atoms with van der Waals surface area (Å²) >= 11 is 0. The number of allylic oxidation sites excluding steroid dienone is 1. The predicted octanol–water partition coefficient (Wildman–Crippen LogP) is 5.13. The van der Waals surface area contributed by atoms with Crippen molar-refractivity contribution in [2.24, 2.45) is 5.92 Å². The van der Waals surface area contributed by atoms with Gasteiger partial charge >= 0.3 is 0 Å². The molecule has 3 rings (SSSR count). The van der Waals surface area contributed by atoms with Crippen molar-refractivity contribution in [3.8, 4) is 5.75 Å². The molecule has 0 amide bonds. The first kappa shape index (κ1) is 12.8. The zero-order valence-electron chi connectivity index (χ0n) is 12.3. The highest BCUT2D eigenvalue weighted by atomic mass is 16.5. The summed E-state index contributed by atoms with van der Waals surface area (Å²) in [7, 11) is 0. The van der Waals surface area contributed by atoms with E-state index in [1.54, 1.807) is 0 Å². The van der Waals surface area contributed by atoms with Crippen LogP contribution < -0.4 is 4.74 Å². The van der Waals surface area contributed by atoms with Crippen LogP contribution in [-0.4, -0.2) is 5.60 Å². The molecule has 0 aromatic heterocycles. The third-order valence-corrected chi connectivity index (χ3v) is 4.71. The van der Waals surface area contributed by atoms with Gasteiger partial charge in [0.05, 0.1) is 0 Å². The highest BCUT2D eigenvalue weighted by Gasteiger charge is 2.35. The van der Waals surface area contributed by atoms with Crippen LogP contribution in [0.2, 0.25) is 0 Å². The molecule has 1 fully saturated rings. The summed E-state index contributed by atoms with van der Waals surface area (Å²) in [6, 6.07) is 6.55. The van der Waals surface area contributed by atoms with Gasteiger partial charge in [0.2, 0.25) is 0 Å². The van der Waals surface area contributed by atoms with Crippen LogP contribution in [0.3, 0.4) is 0 Å². The lowest BCUT2D eigenvalue weighted by atomic mass is 9.86. The van der Waals surface area contributed by atoms with E-state index in [2.05, 4.69) is 45.0 Å². The van der Waals surface area contributed by atoms with Crippen molar-refractivity contribution >= 4 is 5.57 Å². The smallest absolute Gasteiger partial charge is 0.128 e. The van der Waals surface area contributed by atoms with E-state index < -0.39 is 0 Å². The summed E-state index contributed by atoms with van der Waals surface area (Å²) in [5.74, 6) is 1.93. The second-order valence-electron chi connectivity index (χ2n) is 6.53. The van der Waals surface area contributed by atoms with Crippen LogP contribution in [0.15, 0.2) is 24.3 Å². The van der Waals surface area contributed by atoms with Crippen LogP contribution in [0, 0.1) is 12.8 Å². The highest BCUT2D eigenvalue weighted by Crippen LogP contribution is 2.43. The number of ether oxygens (including phenoxy) is 1. The van der Waals surface area contributed by atoms with Gasteiger partial charge in [-0.15, -0.1) is 0 Å². The molecule has 1 heterocycles. The Morgan fingerprint density at radius 2 is 2.00 bits per heavy atom. The molecular weight excluding hydrogens is 232 g/mol. The molecule has 2 unspecified atom stereocenters. The van der Waals surface area contributed by atoms with Gasteiger partial charge in [-0.25, -0.2) is 0 Å². The standard InChI is InChI=1S/C18H24O/c1-13-5-4-9-18(10-8-13)12-15(3)16-11-14(2)6-7-17(16)19-18/h6-7,11-13H,4-5,8-10H2,1-3H3. The Bertz CT molecular complexity index is 514. The SMILES string of the molecule is CC1=CC2(CCCC(C)CC2)Oc2ccc(C)cc21. The van der Waals surface area contributed by atoms with Crippen molar-refractivity contribution in [1.29, 1.82) is 0 Å². The zero-order valence-corrected chi connectivity index (χ0v) is 12.3. The lowest BCUT2D eigenvalue weighted by Crippen LogP contribution is -2.35. The minimum absolute atomic E-state index is 0.0307. The molecule has 1 aromatic rings. The molecule has 1 aliphatic heterocycles. The molecule has 1 spiro atoms. The second kappa shape index (κ2) is 4.70. The first-order valence-corrected chi connectivity index (χ1v) is 7.57. The van der Waals surface area contributed by atoms with Crippen LogP contribution in [0.4, 0.5) is 0 Å². The summed E-state index contributed by atoms with van der Waals surface area (Å²) in [5.41, 5.74) is 3.94. The molecule has 0 radical (unpaired) electrons. The molecule has 0 N–H and O–H groups in total. The average molecular weight is 256 g/mol. The Balaban J connectivity index is 1.96. The molecule has 1 aliphatic carbocycles. The van der Waals surface area contributed by atoms with Gasteiger partial charge in [0.15, 0.2) is 0 Å². The van der Waals surface area contributed by atoms with Gasteiger partial charge in [-0.2, -0.15) is 0 Å². The van der Waals surface area contributed by atoms with Crippen molar-refractivity contribution in [3.63, 3.8) is 0 Å². The Hall–Kier alpha value is -1.24. The van der Waals surface area contributed by atoms with E-state index in [0.717, 1.165) is 11.7 Å². The van der Waals surface area contributed by atoms with E-state index >= 15 is 0 Å². The predicted molar refractivity (Wildman–Crippen MR) is 80.4 cm³/mol. The Morgan fingerprint density at radius 3 is 2.84 bits per heavy atom. The van der Waals surface area contributed by atoms with E-state index in [0.29, 0.717) is 0 Å². The quantitative estimate of drug-likeness (QED) is 0.625. The van der Waals surface area contributed by atoms with Crippen LogP contribution in [0.1, 0.15) is 57.1 Å². The topological polar surface area (TPSA) is 9.23 Å². The number of fused-ring (bicyclic) bond motifs is 1. The lowest BCUT2D eigenvalue weighted by molar-refractivity contribution is 0.0980. The van der Waals surface area contributed by atoms with Crippen molar-refractivity contribution < 1.29 is 4.74 Å². The molecule has 1 nitrogen and oxygen atoms in total. The highest BCUT2D eigenvalue weighted by molar-refractivity contribution is 5.72. The van der Waals surface area contributed by atoms with Crippen LogP contribution in [-0.2, 0) is 0 Å². The monoisotopic (exact) mass is 256 g/mol. The fraction of sp³-hybridized carbons (Fsp3) is 0.556. The van der Waals surface area contributed by atoms with Gasteiger partial charge in [0.25, 0.3) is 0 Å². The Labute approximate surface area is 116 Å². The van der Waals surface area contributed by atoms with E-state index in [9.17, 15) is 0 Å². The molecular formula is C18H24O. The average Bonchev–Trinajstić information content (AvgIpc) is 2.54. The normalized spacial score (nSPS) is 30.3. The largest absolute Gasteiger partial charge is 0.483 e. The molecule has 2 atom stereocenters. The van der Waals surface area contributed by atoms with Gasteiger partial charge in [-0.05, 0) is 69.2 Å². The third kappa shape index (κ3) is 2.43. The second-order valence-corrected chi connectivity index (χ2v) is 6.53. The Morgan fingerprint density at radius 1 is 1.16 bits per heavy atom. The van der Waals surface area contributed by atoms with Gasteiger partial charge in [0, 0.05) is 5.56 Å². The molecule has 1 aromatic carbocycles.